The predicted octanol–water partition coefficient (Wildman–Crippen LogP) is 4.53. The number of amides is 2. The van der Waals surface area contributed by atoms with E-state index in [4.69, 9.17) is 9.47 Å². The van der Waals surface area contributed by atoms with Crippen molar-refractivity contribution in [3.63, 3.8) is 0 Å². The van der Waals surface area contributed by atoms with Crippen LogP contribution in [0.2, 0.25) is 0 Å². The second-order valence-corrected chi connectivity index (χ2v) is 5.52. The Morgan fingerprint density at radius 2 is 1.96 bits per heavy atom. The molecule has 5 nitrogen and oxygen atoms in total. The van der Waals surface area contributed by atoms with Gasteiger partial charge in [0.15, 0.2) is 11.5 Å². The van der Waals surface area contributed by atoms with E-state index >= 15 is 0 Å². The molecule has 2 aromatic rings. The molecule has 2 aromatic carbocycles. The molecule has 1 unspecified atom stereocenters. The third-order valence-electron chi connectivity index (χ3n) is 3.65. The maximum atomic E-state index is 12.2. The highest BCUT2D eigenvalue weighted by atomic mass is 16.5. The molecule has 0 spiro atoms. The first-order valence-corrected chi connectivity index (χ1v) is 8.18. The highest BCUT2D eigenvalue weighted by molar-refractivity contribution is 5.89. The molecular weight excluding hydrogens is 316 g/mol. The van der Waals surface area contributed by atoms with Gasteiger partial charge in [-0.3, -0.25) is 0 Å². The monoisotopic (exact) mass is 340 g/mol. The van der Waals surface area contributed by atoms with Crippen LogP contribution in [0.1, 0.15) is 24.9 Å². The number of nitrogens with one attached hydrogen (secondary N) is 2. The Kier molecular flexibility index (Phi) is 6.89. The molecule has 0 aliphatic heterocycles. The Morgan fingerprint density at radius 3 is 2.64 bits per heavy atom. The molecule has 2 rings (SSSR count). The van der Waals surface area contributed by atoms with Crippen LogP contribution >= 0.6 is 0 Å². The number of ether oxygens (including phenoxy) is 2. The summed E-state index contributed by atoms with van der Waals surface area (Å²) < 4.78 is 11.0. The lowest BCUT2D eigenvalue weighted by Crippen LogP contribution is -2.31. The molecule has 0 fully saturated rings. The molecule has 25 heavy (non-hydrogen) atoms. The fourth-order valence-corrected chi connectivity index (χ4v) is 2.31. The van der Waals surface area contributed by atoms with Crippen molar-refractivity contribution < 1.29 is 14.3 Å². The average Bonchev–Trinajstić information content (AvgIpc) is 2.63. The molecule has 0 radical (unpaired) electrons. The van der Waals surface area contributed by atoms with Crippen molar-refractivity contribution in [1.29, 1.82) is 0 Å². The van der Waals surface area contributed by atoms with Crippen LogP contribution in [0.4, 0.5) is 10.5 Å². The highest BCUT2D eigenvalue weighted by Crippen LogP contribution is 2.30. The van der Waals surface area contributed by atoms with Gasteiger partial charge in [0, 0.05) is 11.8 Å². The van der Waals surface area contributed by atoms with E-state index in [2.05, 4.69) is 17.2 Å². The lowest BCUT2D eigenvalue weighted by atomic mass is 10.1. The van der Waals surface area contributed by atoms with E-state index < -0.39 is 0 Å². The van der Waals surface area contributed by atoms with Gasteiger partial charge in [0.1, 0.15) is 0 Å². The normalized spacial score (nSPS) is 11.3. The van der Waals surface area contributed by atoms with Gasteiger partial charge >= 0.3 is 6.03 Å². The quantitative estimate of drug-likeness (QED) is 0.548. The highest BCUT2D eigenvalue weighted by Gasteiger charge is 2.11. The summed E-state index contributed by atoms with van der Waals surface area (Å²) in [6.07, 6.45) is 2.52. The molecule has 1 atom stereocenters. The lowest BCUT2D eigenvalue weighted by molar-refractivity contribution is 0.249. The van der Waals surface area contributed by atoms with Gasteiger partial charge < -0.3 is 20.1 Å². The first-order chi connectivity index (χ1) is 12.1. The van der Waals surface area contributed by atoms with Crippen LogP contribution < -0.4 is 20.1 Å². The van der Waals surface area contributed by atoms with Crippen LogP contribution in [0, 0.1) is 0 Å². The van der Waals surface area contributed by atoms with Crippen molar-refractivity contribution >= 4 is 11.7 Å². The van der Waals surface area contributed by atoms with Gasteiger partial charge in [0.2, 0.25) is 0 Å². The van der Waals surface area contributed by atoms with Gasteiger partial charge in [-0.25, -0.2) is 4.79 Å². The minimum Gasteiger partial charge on any atom is -0.493 e. The van der Waals surface area contributed by atoms with Gasteiger partial charge in [0.25, 0.3) is 0 Å². The number of hydrogen-bond donors (Lipinski definition) is 2. The van der Waals surface area contributed by atoms with Gasteiger partial charge in [-0.15, -0.1) is 6.58 Å². The number of carbonyl (C=O) groups is 1. The number of hydrogen-bond acceptors (Lipinski definition) is 3. The summed E-state index contributed by atoms with van der Waals surface area (Å²) in [6.45, 7) is 6.11. The van der Waals surface area contributed by atoms with Crippen LogP contribution in [0.15, 0.2) is 61.2 Å². The van der Waals surface area contributed by atoms with E-state index in [1.165, 1.54) is 0 Å². The molecule has 5 heteroatoms. The lowest BCUT2D eigenvalue weighted by Gasteiger charge is -2.16. The molecule has 0 aliphatic rings. The standard InChI is InChI=1S/C20H24N2O3/c1-4-5-13-25-19-14-17(11-12-18(19)24-3)22-20(23)21-15(2)16-9-7-6-8-10-16/h4,6-12,14-15H,1,5,13H2,2-3H3,(H2,21,22,23). The second kappa shape index (κ2) is 9.37. The van der Waals surface area contributed by atoms with Crippen molar-refractivity contribution in [2.24, 2.45) is 0 Å². The topological polar surface area (TPSA) is 59.6 Å². The molecule has 0 aromatic heterocycles. The summed E-state index contributed by atoms with van der Waals surface area (Å²) in [7, 11) is 1.58. The molecule has 0 saturated carbocycles. The zero-order valence-corrected chi connectivity index (χ0v) is 14.6. The fraction of sp³-hybridized carbons (Fsp3) is 0.250. The van der Waals surface area contributed by atoms with E-state index in [0.29, 0.717) is 23.8 Å². The summed E-state index contributed by atoms with van der Waals surface area (Å²) in [5.41, 5.74) is 1.67. The zero-order chi connectivity index (χ0) is 18.1. The Balaban J connectivity index is 1.99. The summed E-state index contributed by atoms with van der Waals surface area (Å²) in [4.78, 5) is 12.2. The number of rotatable bonds is 8. The third-order valence-corrected chi connectivity index (χ3v) is 3.65. The Hall–Kier alpha value is -2.95. The van der Waals surface area contributed by atoms with Crippen LogP contribution in [0.5, 0.6) is 11.5 Å². The fourth-order valence-electron chi connectivity index (χ4n) is 2.31. The first-order valence-electron chi connectivity index (χ1n) is 8.18. The maximum absolute atomic E-state index is 12.2. The van der Waals surface area contributed by atoms with Gasteiger partial charge in [-0.2, -0.15) is 0 Å². The van der Waals surface area contributed by atoms with Crippen molar-refractivity contribution in [1.82, 2.24) is 5.32 Å². The Morgan fingerprint density at radius 1 is 1.20 bits per heavy atom. The zero-order valence-electron chi connectivity index (χ0n) is 14.6. The number of urea groups is 1. The van der Waals surface area contributed by atoms with E-state index in [-0.39, 0.29) is 12.1 Å². The van der Waals surface area contributed by atoms with Crippen molar-refractivity contribution in [3.8, 4) is 11.5 Å². The molecule has 2 amide bonds. The van der Waals surface area contributed by atoms with Crippen molar-refractivity contribution in [2.45, 2.75) is 19.4 Å². The van der Waals surface area contributed by atoms with Crippen LogP contribution in [-0.4, -0.2) is 19.7 Å². The molecule has 132 valence electrons. The van der Waals surface area contributed by atoms with Gasteiger partial charge in [0.05, 0.1) is 19.8 Å². The summed E-state index contributed by atoms with van der Waals surface area (Å²) in [5.74, 6) is 1.20. The molecule has 0 heterocycles. The molecule has 2 N–H and O–H groups in total. The number of methoxy groups -OCH3 is 1. The van der Waals surface area contributed by atoms with E-state index in [1.54, 1.807) is 31.4 Å². The van der Waals surface area contributed by atoms with Gasteiger partial charge in [-0.05, 0) is 31.0 Å². The SMILES string of the molecule is C=CCCOc1cc(NC(=O)NC(C)c2ccccc2)ccc1OC. The van der Waals surface area contributed by atoms with Crippen LogP contribution in [-0.2, 0) is 0 Å². The largest absolute Gasteiger partial charge is 0.493 e. The molecule has 0 saturated heterocycles. The number of carbonyl (C=O) groups excluding carboxylic acids is 1. The van der Waals surface area contributed by atoms with Crippen LogP contribution in [0.3, 0.4) is 0 Å². The minimum absolute atomic E-state index is 0.0947. The van der Waals surface area contributed by atoms with Crippen molar-refractivity contribution in [2.75, 3.05) is 19.0 Å². The molecule has 0 aliphatic carbocycles. The molecular formula is C20H24N2O3. The number of anilines is 1. The average molecular weight is 340 g/mol. The molecule has 0 bridgehead atoms. The second-order valence-electron chi connectivity index (χ2n) is 5.52. The number of benzene rings is 2. The summed E-state index contributed by atoms with van der Waals surface area (Å²) >= 11 is 0. The summed E-state index contributed by atoms with van der Waals surface area (Å²) in [5, 5.41) is 5.73. The van der Waals surface area contributed by atoms with Crippen molar-refractivity contribution in [3.05, 3.63) is 66.7 Å². The third kappa shape index (κ3) is 5.57. The van der Waals surface area contributed by atoms with Crippen LogP contribution in [0.25, 0.3) is 0 Å². The predicted molar refractivity (Wildman–Crippen MR) is 100 cm³/mol. The van der Waals surface area contributed by atoms with E-state index in [1.807, 2.05) is 37.3 Å². The van der Waals surface area contributed by atoms with Gasteiger partial charge in [-0.1, -0.05) is 36.4 Å². The summed E-state index contributed by atoms with van der Waals surface area (Å²) in [6, 6.07) is 14.7. The Labute approximate surface area is 148 Å². The maximum Gasteiger partial charge on any atom is 0.319 e. The first kappa shape index (κ1) is 18.4. The van der Waals surface area contributed by atoms with E-state index in [9.17, 15) is 4.79 Å². The smallest absolute Gasteiger partial charge is 0.319 e. The van der Waals surface area contributed by atoms with E-state index in [0.717, 1.165) is 12.0 Å². The Bertz CT molecular complexity index is 701. The minimum atomic E-state index is -0.279.